The SMILES string of the molecule is CCC(=O)N(c1ccccc1)C1CCN(C(=O)C(Cc2ccc(Cl)cc2)NC(=O)CNC(=O)[C@H](C)NC(=O)C(N)Cc2c(C)cc(O)cc2C)CC1. The van der Waals surface area contributed by atoms with Crippen molar-refractivity contribution in [1.82, 2.24) is 20.9 Å². The number of phenolic OH excluding ortho intramolecular Hbond substituents is 1. The Morgan fingerprint density at radius 1 is 0.923 bits per heavy atom. The van der Waals surface area contributed by atoms with E-state index in [2.05, 4.69) is 16.0 Å². The maximum absolute atomic E-state index is 13.9. The standard InChI is InChI=1S/C39H49ClN6O6/c1-5-36(49)46(29-9-7-6-8-10-29)30-15-17-45(18-16-30)39(52)34(21-27-11-13-28(40)14-12-27)44-35(48)23-42-37(50)26(4)43-38(51)33(41)22-32-24(2)19-31(47)20-25(32)3/h6-14,19-20,26,30,33-34,47H,5,15-18,21-23,41H2,1-4H3,(H,42,50)(H,43,51)(H,44,48)/t26-,33?,34?/m0/s1. The number of nitrogens with two attached hydrogens (primary N) is 1. The van der Waals surface area contributed by atoms with Gasteiger partial charge in [-0.05, 0) is 98.7 Å². The molecule has 278 valence electrons. The molecule has 13 heteroatoms. The second kappa shape index (κ2) is 18.5. The molecule has 0 aliphatic carbocycles. The molecular weight excluding hydrogens is 684 g/mol. The Bertz CT molecular complexity index is 1710. The Morgan fingerprint density at radius 3 is 2.13 bits per heavy atom. The van der Waals surface area contributed by atoms with Crippen LogP contribution in [0, 0.1) is 13.8 Å². The number of anilines is 1. The summed E-state index contributed by atoms with van der Waals surface area (Å²) in [6.07, 6.45) is 1.92. The lowest BCUT2D eigenvalue weighted by molar-refractivity contribution is -0.137. The number of piperidine rings is 1. The molecule has 1 aliphatic heterocycles. The highest BCUT2D eigenvalue weighted by Gasteiger charge is 2.33. The molecule has 3 atom stereocenters. The highest BCUT2D eigenvalue weighted by Crippen LogP contribution is 2.26. The van der Waals surface area contributed by atoms with Crippen molar-refractivity contribution in [2.75, 3.05) is 24.5 Å². The van der Waals surface area contributed by atoms with Gasteiger partial charge in [0, 0.05) is 42.7 Å². The van der Waals surface area contributed by atoms with Crippen LogP contribution in [0.4, 0.5) is 5.69 Å². The highest BCUT2D eigenvalue weighted by molar-refractivity contribution is 6.30. The molecule has 2 unspecified atom stereocenters. The molecule has 12 nitrogen and oxygen atoms in total. The molecule has 0 spiro atoms. The van der Waals surface area contributed by atoms with E-state index < -0.39 is 42.4 Å². The fraction of sp³-hybridized carbons (Fsp3) is 0.410. The summed E-state index contributed by atoms with van der Waals surface area (Å²) in [4.78, 5) is 69.2. The monoisotopic (exact) mass is 732 g/mol. The Hall–Kier alpha value is -4.94. The predicted octanol–water partition coefficient (Wildman–Crippen LogP) is 3.31. The second-order valence-electron chi connectivity index (χ2n) is 13.3. The van der Waals surface area contributed by atoms with Gasteiger partial charge < -0.3 is 36.6 Å². The van der Waals surface area contributed by atoms with Crippen molar-refractivity contribution in [3.05, 3.63) is 94.0 Å². The molecule has 1 saturated heterocycles. The van der Waals surface area contributed by atoms with E-state index in [1.165, 1.54) is 6.92 Å². The first-order valence-electron chi connectivity index (χ1n) is 17.6. The number of nitrogens with zero attached hydrogens (tertiary/aromatic N) is 2. The van der Waals surface area contributed by atoms with E-state index in [9.17, 15) is 29.1 Å². The maximum Gasteiger partial charge on any atom is 0.245 e. The quantitative estimate of drug-likeness (QED) is 0.169. The van der Waals surface area contributed by atoms with E-state index in [1.54, 1.807) is 41.3 Å². The van der Waals surface area contributed by atoms with Crippen molar-refractivity contribution < 1.29 is 29.1 Å². The number of nitrogens with one attached hydrogen (secondary N) is 3. The number of aromatic hydroxyl groups is 1. The second-order valence-corrected chi connectivity index (χ2v) is 13.7. The first kappa shape index (κ1) is 39.8. The van der Waals surface area contributed by atoms with Crippen molar-refractivity contribution in [1.29, 1.82) is 0 Å². The number of phenols is 1. The molecule has 1 fully saturated rings. The average molecular weight is 733 g/mol. The molecule has 0 bridgehead atoms. The van der Waals surface area contributed by atoms with Gasteiger partial charge in [-0.2, -0.15) is 0 Å². The van der Waals surface area contributed by atoms with Gasteiger partial charge in [0.05, 0.1) is 12.6 Å². The van der Waals surface area contributed by atoms with Crippen molar-refractivity contribution in [2.45, 2.75) is 84.0 Å². The summed E-state index contributed by atoms with van der Waals surface area (Å²) in [5.41, 5.74) is 10.2. The minimum atomic E-state index is -0.990. The van der Waals surface area contributed by atoms with Crippen LogP contribution in [0.1, 0.15) is 55.4 Å². The number of likely N-dealkylation sites (tertiary alicyclic amines) is 1. The lowest BCUT2D eigenvalue weighted by Crippen LogP contribution is -2.56. The topological polar surface area (TPSA) is 174 Å². The maximum atomic E-state index is 13.9. The minimum Gasteiger partial charge on any atom is -0.508 e. The van der Waals surface area contributed by atoms with E-state index in [0.29, 0.717) is 37.4 Å². The predicted molar refractivity (Wildman–Crippen MR) is 201 cm³/mol. The number of benzene rings is 3. The van der Waals surface area contributed by atoms with Gasteiger partial charge in [0.15, 0.2) is 0 Å². The zero-order valence-corrected chi connectivity index (χ0v) is 30.9. The summed E-state index contributed by atoms with van der Waals surface area (Å²) >= 11 is 6.08. The van der Waals surface area contributed by atoms with Crippen LogP contribution in [0.3, 0.4) is 0 Å². The third-order valence-corrected chi connectivity index (χ3v) is 9.60. The van der Waals surface area contributed by atoms with Gasteiger partial charge in [0.25, 0.3) is 0 Å². The van der Waals surface area contributed by atoms with Gasteiger partial charge in [-0.1, -0.05) is 48.9 Å². The van der Waals surface area contributed by atoms with Crippen molar-refractivity contribution in [3.63, 3.8) is 0 Å². The number of hydrogen-bond acceptors (Lipinski definition) is 7. The summed E-state index contributed by atoms with van der Waals surface area (Å²) < 4.78 is 0. The van der Waals surface area contributed by atoms with Gasteiger partial charge >= 0.3 is 0 Å². The Labute approximate surface area is 310 Å². The fourth-order valence-corrected chi connectivity index (χ4v) is 6.62. The fourth-order valence-electron chi connectivity index (χ4n) is 6.50. The van der Waals surface area contributed by atoms with Crippen molar-refractivity contribution in [3.8, 4) is 5.75 Å². The van der Waals surface area contributed by atoms with E-state index in [4.69, 9.17) is 17.3 Å². The lowest BCUT2D eigenvalue weighted by Gasteiger charge is -2.39. The third kappa shape index (κ3) is 10.8. The third-order valence-electron chi connectivity index (χ3n) is 9.35. The van der Waals surface area contributed by atoms with Crippen LogP contribution in [0.25, 0.3) is 0 Å². The van der Waals surface area contributed by atoms with Crippen LogP contribution in [-0.4, -0.2) is 83.3 Å². The van der Waals surface area contributed by atoms with Crippen LogP contribution in [0.2, 0.25) is 5.02 Å². The summed E-state index contributed by atoms with van der Waals surface area (Å²) in [5.74, 6) is -1.84. The van der Waals surface area contributed by atoms with Crippen LogP contribution in [0.15, 0.2) is 66.7 Å². The van der Waals surface area contributed by atoms with Crippen molar-refractivity contribution in [2.24, 2.45) is 5.73 Å². The molecule has 0 aromatic heterocycles. The van der Waals surface area contributed by atoms with Gasteiger partial charge in [0.1, 0.15) is 17.8 Å². The average Bonchev–Trinajstić information content (AvgIpc) is 3.13. The summed E-state index contributed by atoms with van der Waals surface area (Å²) in [5, 5.41) is 18.3. The number of hydrogen-bond donors (Lipinski definition) is 5. The van der Waals surface area contributed by atoms with Gasteiger partial charge in [-0.15, -0.1) is 0 Å². The molecule has 6 N–H and O–H groups in total. The molecule has 4 rings (SSSR count). The van der Waals surface area contributed by atoms with E-state index >= 15 is 0 Å². The van der Waals surface area contributed by atoms with Crippen molar-refractivity contribution >= 4 is 46.8 Å². The molecule has 1 aliphatic rings. The first-order chi connectivity index (χ1) is 24.8. The van der Waals surface area contributed by atoms with Gasteiger partial charge in [0.2, 0.25) is 29.5 Å². The molecule has 3 aromatic carbocycles. The largest absolute Gasteiger partial charge is 0.508 e. The van der Waals surface area contributed by atoms with Gasteiger partial charge in [-0.3, -0.25) is 24.0 Å². The normalized spacial score (nSPS) is 14.8. The van der Waals surface area contributed by atoms with E-state index in [-0.39, 0.29) is 36.4 Å². The number of rotatable bonds is 14. The molecule has 52 heavy (non-hydrogen) atoms. The van der Waals surface area contributed by atoms with Crippen LogP contribution in [-0.2, 0) is 36.8 Å². The molecule has 0 saturated carbocycles. The van der Waals surface area contributed by atoms with Crippen LogP contribution in [0.5, 0.6) is 5.75 Å². The Kier molecular flexibility index (Phi) is 14.2. The number of aryl methyl sites for hydroxylation is 2. The van der Waals surface area contributed by atoms with E-state index in [0.717, 1.165) is 27.9 Å². The number of amides is 5. The van der Waals surface area contributed by atoms with Gasteiger partial charge in [-0.25, -0.2) is 0 Å². The first-order valence-corrected chi connectivity index (χ1v) is 18.0. The minimum absolute atomic E-state index is 0.0156. The number of halogens is 1. The lowest BCUT2D eigenvalue weighted by atomic mass is 9.96. The summed E-state index contributed by atoms with van der Waals surface area (Å²) in [6.45, 7) is 7.34. The zero-order chi connectivity index (χ0) is 37.9. The molecule has 3 aromatic rings. The molecule has 1 heterocycles. The molecule has 0 radical (unpaired) electrons. The molecule has 5 amide bonds. The highest BCUT2D eigenvalue weighted by atomic mass is 35.5. The molecular formula is C39H49ClN6O6. The Morgan fingerprint density at radius 2 is 1.54 bits per heavy atom. The number of para-hydroxylation sites is 1. The number of carbonyl (C=O) groups is 5. The smallest absolute Gasteiger partial charge is 0.245 e. The Balaban J connectivity index is 1.34. The summed E-state index contributed by atoms with van der Waals surface area (Å²) in [6, 6.07) is 16.8. The number of carbonyl (C=O) groups excluding carboxylic acids is 5. The van der Waals surface area contributed by atoms with Crippen LogP contribution >= 0.6 is 11.6 Å². The summed E-state index contributed by atoms with van der Waals surface area (Å²) in [7, 11) is 0. The zero-order valence-electron chi connectivity index (χ0n) is 30.2. The van der Waals surface area contributed by atoms with Crippen LogP contribution < -0.4 is 26.6 Å². The van der Waals surface area contributed by atoms with E-state index in [1.807, 2.05) is 56.0 Å².